The van der Waals surface area contributed by atoms with Gasteiger partial charge in [-0.25, -0.2) is 0 Å². The van der Waals surface area contributed by atoms with E-state index in [1.807, 2.05) is 32.0 Å². The number of carbonyl (C=O) groups is 2. The molecule has 0 radical (unpaired) electrons. The first-order chi connectivity index (χ1) is 10.5. The lowest BCUT2D eigenvalue weighted by atomic mass is 10.2. The number of hydrogen-bond acceptors (Lipinski definition) is 2. The van der Waals surface area contributed by atoms with Gasteiger partial charge in [0, 0.05) is 16.4 Å². The number of amides is 2. The van der Waals surface area contributed by atoms with Crippen LogP contribution in [-0.4, -0.2) is 11.8 Å². The van der Waals surface area contributed by atoms with Crippen LogP contribution in [0, 0.1) is 13.8 Å². The van der Waals surface area contributed by atoms with Crippen molar-refractivity contribution in [3.05, 3.63) is 58.6 Å². The van der Waals surface area contributed by atoms with Gasteiger partial charge in [-0.1, -0.05) is 35.9 Å². The normalized spacial score (nSPS) is 10.1. The maximum absolute atomic E-state index is 11.9. The van der Waals surface area contributed by atoms with Crippen molar-refractivity contribution in [3.8, 4) is 0 Å². The molecular formula is C17H17ClN2O2. The van der Waals surface area contributed by atoms with E-state index < -0.39 is 0 Å². The number of aryl methyl sites for hydroxylation is 1. The Morgan fingerprint density at radius 3 is 2.18 bits per heavy atom. The van der Waals surface area contributed by atoms with E-state index in [1.165, 1.54) is 0 Å². The highest BCUT2D eigenvalue weighted by Gasteiger charge is 2.12. The molecule has 2 amide bonds. The average molecular weight is 317 g/mol. The van der Waals surface area contributed by atoms with Crippen molar-refractivity contribution in [2.75, 3.05) is 10.6 Å². The van der Waals surface area contributed by atoms with Crippen LogP contribution in [0.2, 0.25) is 5.02 Å². The summed E-state index contributed by atoms with van der Waals surface area (Å²) in [5.74, 6) is -0.733. The van der Waals surface area contributed by atoms with E-state index >= 15 is 0 Å². The molecule has 0 bridgehead atoms. The maximum atomic E-state index is 11.9. The first kappa shape index (κ1) is 16.0. The molecule has 0 saturated carbocycles. The summed E-state index contributed by atoms with van der Waals surface area (Å²) in [5, 5.41) is 6.00. The second-order valence-corrected chi connectivity index (χ2v) is 5.41. The molecule has 114 valence electrons. The molecule has 4 nitrogen and oxygen atoms in total. The molecule has 0 spiro atoms. The Labute approximate surface area is 134 Å². The Morgan fingerprint density at radius 2 is 1.50 bits per heavy atom. The van der Waals surface area contributed by atoms with E-state index in [0.717, 1.165) is 11.1 Å². The molecule has 5 heteroatoms. The molecule has 0 heterocycles. The molecule has 0 aliphatic carbocycles. The molecule has 2 aromatic carbocycles. The zero-order valence-electron chi connectivity index (χ0n) is 12.4. The molecule has 0 aromatic heterocycles. The summed E-state index contributed by atoms with van der Waals surface area (Å²) in [6, 6.07) is 12.7. The fourth-order valence-corrected chi connectivity index (χ4v) is 2.17. The van der Waals surface area contributed by atoms with Crippen molar-refractivity contribution in [1.82, 2.24) is 0 Å². The van der Waals surface area contributed by atoms with Gasteiger partial charge in [0.05, 0.1) is 0 Å². The molecule has 22 heavy (non-hydrogen) atoms. The monoisotopic (exact) mass is 316 g/mol. The molecule has 2 aromatic rings. The van der Waals surface area contributed by atoms with Crippen LogP contribution in [0.1, 0.15) is 17.5 Å². The summed E-state index contributed by atoms with van der Waals surface area (Å²) in [7, 11) is 0. The molecule has 0 aliphatic heterocycles. The summed E-state index contributed by atoms with van der Waals surface area (Å²) >= 11 is 6.00. The third-order valence-electron chi connectivity index (χ3n) is 3.28. The largest absolute Gasteiger partial charge is 0.325 e. The van der Waals surface area contributed by atoms with Gasteiger partial charge in [0.2, 0.25) is 11.8 Å². The Kier molecular flexibility index (Phi) is 5.17. The van der Waals surface area contributed by atoms with Gasteiger partial charge in [0.1, 0.15) is 6.42 Å². The smallest absolute Gasteiger partial charge is 0.233 e. The van der Waals surface area contributed by atoms with Gasteiger partial charge in [-0.15, -0.1) is 0 Å². The van der Waals surface area contributed by atoms with Crippen LogP contribution in [0.3, 0.4) is 0 Å². The molecule has 0 aliphatic rings. The Hall–Kier alpha value is -2.33. The van der Waals surface area contributed by atoms with Crippen molar-refractivity contribution in [3.63, 3.8) is 0 Å². The number of nitrogens with one attached hydrogen (secondary N) is 2. The van der Waals surface area contributed by atoms with Crippen LogP contribution in [0.4, 0.5) is 11.4 Å². The minimum atomic E-state index is -0.378. The highest BCUT2D eigenvalue weighted by molar-refractivity contribution is 6.31. The van der Waals surface area contributed by atoms with E-state index in [1.54, 1.807) is 24.3 Å². The Bertz CT molecular complexity index is 714. The van der Waals surface area contributed by atoms with Gasteiger partial charge >= 0.3 is 0 Å². The lowest BCUT2D eigenvalue weighted by molar-refractivity contribution is -0.123. The minimum Gasteiger partial charge on any atom is -0.325 e. The van der Waals surface area contributed by atoms with Gasteiger partial charge in [0.25, 0.3) is 0 Å². The molecule has 0 atom stereocenters. The van der Waals surface area contributed by atoms with E-state index in [4.69, 9.17) is 11.6 Å². The molecular weight excluding hydrogens is 300 g/mol. The second kappa shape index (κ2) is 7.09. The number of benzene rings is 2. The van der Waals surface area contributed by atoms with Crippen LogP contribution in [-0.2, 0) is 9.59 Å². The minimum absolute atomic E-state index is 0.250. The van der Waals surface area contributed by atoms with Crippen molar-refractivity contribution in [2.24, 2.45) is 0 Å². The van der Waals surface area contributed by atoms with Crippen LogP contribution in [0.5, 0.6) is 0 Å². The van der Waals surface area contributed by atoms with Crippen molar-refractivity contribution in [2.45, 2.75) is 20.3 Å². The number of halogens is 1. The van der Waals surface area contributed by atoms with E-state index in [9.17, 15) is 9.59 Å². The summed E-state index contributed by atoms with van der Waals surface area (Å²) in [6.07, 6.45) is -0.250. The van der Waals surface area contributed by atoms with Gasteiger partial charge < -0.3 is 10.6 Å². The summed E-state index contributed by atoms with van der Waals surface area (Å²) in [6.45, 7) is 3.70. The fraction of sp³-hybridized carbons (Fsp3) is 0.176. The Morgan fingerprint density at radius 1 is 0.909 bits per heavy atom. The zero-order chi connectivity index (χ0) is 16.1. The van der Waals surface area contributed by atoms with E-state index in [-0.39, 0.29) is 18.2 Å². The first-order valence-corrected chi connectivity index (χ1v) is 7.25. The Balaban J connectivity index is 1.96. The molecule has 2 N–H and O–H groups in total. The molecule has 2 rings (SSSR count). The van der Waals surface area contributed by atoms with E-state index in [0.29, 0.717) is 16.4 Å². The van der Waals surface area contributed by atoms with Crippen LogP contribution in [0.15, 0.2) is 42.5 Å². The van der Waals surface area contributed by atoms with Crippen molar-refractivity contribution >= 4 is 34.8 Å². The second-order valence-electron chi connectivity index (χ2n) is 5.00. The molecule has 0 saturated heterocycles. The van der Waals surface area contributed by atoms with Crippen LogP contribution < -0.4 is 10.6 Å². The quantitative estimate of drug-likeness (QED) is 0.840. The maximum Gasteiger partial charge on any atom is 0.233 e. The number of para-hydroxylation sites is 1. The molecule has 0 fully saturated rings. The number of rotatable bonds is 4. The topological polar surface area (TPSA) is 58.2 Å². The van der Waals surface area contributed by atoms with Gasteiger partial charge in [-0.2, -0.15) is 0 Å². The standard InChI is InChI=1S/C17H17ClN2O2/c1-11-6-3-4-8-14(11)19-16(21)10-17(22)20-15-9-5-7-13(18)12(15)2/h3-9H,10H2,1-2H3,(H,19,21)(H,20,22). The first-order valence-electron chi connectivity index (χ1n) is 6.88. The van der Waals surface area contributed by atoms with Crippen LogP contribution in [0.25, 0.3) is 0 Å². The zero-order valence-corrected chi connectivity index (χ0v) is 13.2. The summed E-state index contributed by atoms with van der Waals surface area (Å²) in [4.78, 5) is 23.9. The number of hydrogen-bond donors (Lipinski definition) is 2. The van der Waals surface area contributed by atoms with Gasteiger partial charge in [-0.3, -0.25) is 9.59 Å². The molecule has 0 unspecified atom stereocenters. The SMILES string of the molecule is Cc1ccccc1NC(=O)CC(=O)Nc1cccc(Cl)c1C. The highest BCUT2D eigenvalue weighted by Crippen LogP contribution is 2.23. The predicted octanol–water partition coefficient (Wildman–Crippen LogP) is 3.92. The van der Waals surface area contributed by atoms with Crippen LogP contribution >= 0.6 is 11.6 Å². The fourth-order valence-electron chi connectivity index (χ4n) is 1.99. The third kappa shape index (κ3) is 4.09. The van der Waals surface area contributed by atoms with Gasteiger partial charge in [-0.05, 0) is 43.2 Å². The van der Waals surface area contributed by atoms with Crippen molar-refractivity contribution in [1.29, 1.82) is 0 Å². The predicted molar refractivity (Wildman–Crippen MR) is 89.2 cm³/mol. The summed E-state index contributed by atoms with van der Waals surface area (Å²) < 4.78 is 0. The third-order valence-corrected chi connectivity index (χ3v) is 3.69. The lowest BCUT2D eigenvalue weighted by Gasteiger charge is -2.10. The van der Waals surface area contributed by atoms with Gasteiger partial charge in [0.15, 0.2) is 0 Å². The summed E-state index contributed by atoms with van der Waals surface area (Å²) in [5.41, 5.74) is 3.04. The average Bonchev–Trinajstić information content (AvgIpc) is 2.46. The number of anilines is 2. The number of carbonyl (C=O) groups excluding carboxylic acids is 2. The lowest BCUT2D eigenvalue weighted by Crippen LogP contribution is -2.22. The highest BCUT2D eigenvalue weighted by atomic mass is 35.5. The van der Waals surface area contributed by atoms with Crippen molar-refractivity contribution < 1.29 is 9.59 Å². The van der Waals surface area contributed by atoms with E-state index in [2.05, 4.69) is 10.6 Å².